The summed E-state index contributed by atoms with van der Waals surface area (Å²) >= 11 is 3.41. The third-order valence-corrected chi connectivity index (χ3v) is 5.68. The molecule has 2 rings (SSSR count). The lowest BCUT2D eigenvalue weighted by Crippen LogP contribution is -2.10. The minimum Gasteiger partial charge on any atom is -0.245 e. The lowest BCUT2D eigenvalue weighted by Gasteiger charge is -2.19. The number of hydrogen-bond donors (Lipinski definition) is 0. The maximum Gasteiger partial charge on any atom is 0.115 e. The van der Waals surface area contributed by atoms with E-state index >= 15 is 0 Å². The van der Waals surface area contributed by atoms with Gasteiger partial charge in [0, 0.05) is 10.6 Å². The molecule has 1 aromatic heterocycles. The molecule has 0 aliphatic carbocycles. The minimum absolute atomic E-state index is 0.183. The number of thioether (sulfide) groups is 2. The van der Waals surface area contributed by atoms with Crippen molar-refractivity contribution in [1.82, 2.24) is 4.98 Å². The van der Waals surface area contributed by atoms with Gasteiger partial charge < -0.3 is 0 Å². The second kappa shape index (κ2) is 7.42. The van der Waals surface area contributed by atoms with Crippen LogP contribution in [0.4, 0.5) is 0 Å². The van der Waals surface area contributed by atoms with Gasteiger partial charge in [-0.3, -0.25) is 0 Å². The van der Waals surface area contributed by atoms with Crippen molar-refractivity contribution >= 4 is 23.5 Å². The average Bonchev–Trinajstić information content (AvgIpc) is 2.46. The molecule has 0 fully saturated rings. The van der Waals surface area contributed by atoms with Crippen molar-refractivity contribution in [3.05, 3.63) is 52.7 Å². The molecule has 0 saturated heterocycles. The van der Waals surface area contributed by atoms with Gasteiger partial charge in [-0.1, -0.05) is 44.7 Å². The molecule has 1 heterocycles. The molecule has 0 bridgehead atoms. The Hall–Kier alpha value is -1.44. The van der Waals surface area contributed by atoms with Gasteiger partial charge in [-0.05, 0) is 48.6 Å². The molecule has 0 atom stereocenters. The first-order valence-corrected chi connectivity index (χ1v) is 9.53. The normalized spacial score (nSPS) is 11.3. The zero-order valence-corrected chi connectivity index (χ0v) is 15.9. The van der Waals surface area contributed by atoms with E-state index in [1.807, 2.05) is 19.9 Å². The maximum atomic E-state index is 9.30. The van der Waals surface area contributed by atoms with Crippen LogP contribution < -0.4 is 0 Å². The zero-order chi connectivity index (χ0) is 17.0. The highest BCUT2D eigenvalue weighted by atomic mass is 32.2. The van der Waals surface area contributed by atoms with E-state index < -0.39 is 0 Å². The van der Waals surface area contributed by atoms with E-state index in [-0.39, 0.29) is 5.41 Å². The molecular weight excluding hydrogens is 320 g/mol. The van der Waals surface area contributed by atoms with Gasteiger partial charge in [0.25, 0.3) is 0 Å². The summed E-state index contributed by atoms with van der Waals surface area (Å²) in [5, 5.41) is 11.0. The Morgan fingerprint density at radius 1 is 1.09 bits per heavy atom. The van der Waals surface area contributed by atoms with Crippen molar-refractivity contribution in [3.63, 3.8) is 0 Å². The number of nitriles is 1. The summed E-state index contributed by atoms with van der Waals surface area (Å²) in [6.45, 7) is 10.6. The zero-order valence-electron chi connectivity index (χ0n) is 14.3. The summed E-state index contributed by atoms with van der Waals surface area (Å²) in [5.41, 5.74) is 4.19. The van der Waals surface area contributed by atoms with Gasteiger partial charge in [0.1, 0.15) is 11.1 Å². The molecule has 2 nitrogen and oxygen atoms in total. The first-order valence-electron chi connectivity index (χ1n) is 7.56. The van der Waals surface area contributed by atoms with Gasteiger partial charge in [-0.2, -0.15) is 5.26 Å². The molecule has 0 unspecified atom stereocenters. The highest BCUT2D eigenvalue weighted by Gasteiger charge is 2.13. The number of benzene rings is 1. The fraction of sp³-hybridized carbons (Fsp3) is 0.368. The quantitative estimate of drug-likeness (QED) is 0.527. The second-order valence-electron chi connectivity index (χ2n) is 6.55. The van der Waals surface area contributed by atoms with Gasteiger partial charge >= 0.3 is 0 Å². The van der Waals surface area contributed by atoms with Crippen LogP contribution in [0.25, 0.3) is 0 Å². The predicted octanol–water partition coefficient (Wildman–Crippen LogP) is 5.71. The van der Waals surface area contributed by atoms with E-state index in [2.05, 4.69) is 56.1 Å². The van der Waals surface area contributed by atoms with E-state index in [1.165, 1.54) is 10.5 Å². The van der Waals surface area contributed by atoms with E-state index in [4.69, 9.17) is 0 Å². The Kier molecular flexibility index (Phi) is 5.78. The molecule has 0 aliphatic heterocycles. The Balaban J connectivity index is 2.02. The molecule has 0 aliphatic rings. The molecule has 0 radical (unpaired) electrons. The van der Waals surface area contributed by atoms with Crippen LogP contribution in [0, 0.1) is 25.2 Å². The summed E-state index contributed by atoms with van der Waals surface area (Å²) in [4.78, 5) is 5.75. The molecule has 120 valence electrons. The van der Waals surface area contributed by atoms with Gasteiger partial charge in [0.2, 0.25) is 0 Å². The Morgan fingerprint density at radius 3 is 2.30 bits per heavy atom. The first-order chi connectivity index (χ1) is 10.8. The summed E-state index contributed by atoms with van der Waals surface area (Å²) in [5.74, 6) is 0. The van der Waals surface area contributed by atoms with Crippen molar-refractivity contribution in [2.75, 3.05) is 5.08 Å². The monoisotopic (exact) mass is 342 g/mol. The number of aromatic nitrogens is 1. The minimum atomic E-state index is 0.183. The second-order valence-corrected chi connectivity index (χ2v) is 8.93. The van der Waals surface area contributed by atoms with Crippen LogP contribution in [0.15, 0.2) is 40.3 Å². The Labute approximate surface area is 147 Å². The predicted molar refractivity (Wildman–Crippen MR) is 100 cm³/mol. The molecule has 0 N–H and O–H groups in total. The van der Waals surface area contributed by atoms with Crippen molar-refractivity contribution in [2.45, 2.75) is 50.0 Å². The van der Waals surface area contributed by atoms with Crippen molar-refractivity contribution < 1.29 is 0 Å². The molecule has 0 amide bonds. The van der Waals surface area contributed by atoms with Gasteiger partial charge in [0.05, 0.1) is 10.6 Å². The fourth-order valence-corrected chi connectivity index (χ4v) is 4.36. The standard InChI is InChI=1S/C19H22N2S2/c1-13-10-14(2)21-18(17(13)11-20)23-12-22-16-8-6-15(7-9-16)19(3,4)5/h6-10H,12H2,1-5H3. The Morgan fingerprint density at radius 2 is 1.74 bits per heavy atom. The summed E-state index contributed by atoms with van der Waals surface area (Å²) in [6, 6.07) is 13.0. The van der Waals surface area contributed by atoms with Crippen LogP contribution in [0.1, 0.15) is 43.2 Å². The molecule has 23 heavy (non-hydrogen) atoms. The molecular formula is C19H22N2S2. The van der Waals surface area contributed by atoms with Gasteiger partial charge in [-0.15, -0.1) is 11.8 Å². The molecule has 2 aromatic rings. The lowest BCUT2D eigenvalue weighted by molar-refractivity contribution is 0.590. The van der Waals surface area contributed by atoms with Crippen molar-refractivity contribution in [2.24, 2.45) is 0 Å². The summed E-state index contributed by atoms with van der Waals surface area (Å²) in [7, 11) is 0. The van der Waals surface area contributed by atoms with Crippen LogP contribution in [-0.4, -0.2) is 10.1 Å². The third-order valence-electron chi connectivity index (χ3n) is 3.56. The van der Waals surface area contributed by atoms with E-state index in [0.717, 1.165) is 21.4 Å². The van der Waals surface area contributed by atoms with Crippen molar-refractivity contribution in [1.29, 1.82) is 5.26 Å². The highest BCUT2D eigenvalue weighted by molar-refractivity contribution is 8.16. The summed E-state index contributed by atoms with van der Waals surface area (Å²) < 4.78 is 0. The molecule has 4 heteroatoms. The van der Waals surface area contributed by atoms with Crippen LogP contribution in [0.5, 0.6) is 0 Å². The molecule has 0 saturated carbocycles. The van der Waals surface area contributed by atoms with Crippen molar-refractivity contribution in [3.8, 4) is 6.07 Å². The van der Waals surface area contributed by atoms with Crippen LogP contribution in [0.2, 0.25) is 0 Å². The van der Waals surface area contributed by atoms with E-state index in [0.29, 0.717) is 5.56 Å². The fourth-order valence-electron chi connectivity index (χ4n) is 2.25. The number of aryl methyl sites for hydroxylation is 2. The van der Waals surface area contributed by atoms with Crippen LogP contribution >= 0.6 is 23.5 Å². The summed E-state index contributed by atoms with van der Waals surface area (Å²) in [6.07, 6.45) is 0. The van der Waals surface area contributed by atoms with Gasteiger partial charge in [-0.25, -0.2) is 4.98 Å². The van der Waals surface area contributed by atoms with Gasteiger partial charge in [0.15, 0.2) is 0 Å². The third kappa shape index (κ3) is 4.76. The number of nitrogens with zero attached hydrogens (tertiary/aromatic N) is 2. The maximum absolute atomic E-state index is 9.30. The smallest absolute Gasteiger partial charge is 0.115 e. The first kappa shape index (κ1) is 17.9. The van der Waals surface area contributed by atoms with E-state index in [1.54, 1.807) is 23.5 Å². The topological polar surface area (TPSA) is 36.7 Å². The highest BCUT2D eigenvalue weighted by Crippen LogP contribution is 2.31. The van der Waals surface area contributed by atoms with Crippen LogP contribution in [-0.2, 0) is 5.41 Å². The van der Waals surface area contributed by atoms with E-state index in [9.17, 15) is 5.26 Å². The SMILES string of the molecule is Cc1cc(C)c(C#N)c(SCSc2ccc(C(C)(C)C)cc2)n1. The number of pyridine rings is 1. The lowest BCUT2D eigenvalue weighted by atomic mass is 9.87. The molecule has 0 spiro atoms. The average molecular weight is 343 g/mol. The molecule has 1 aromatic carbocycles. The number of hydrogen-bond acceptors (Lipinski definition) is 4. The largest absolute Gasteiger partial charge is 0.245 e. The Bertz CT molecular complexity index is 723. The number of rotatable bonds is 4. The van der Waals surface area contributed by atoms with Crippen LogP contribution in [0.3, 0.4) is 0 Å².